The highest BCUT2D eigenvalue weighted by Crippen LogP contribution is 2.17. The lowest BCUT2D eigenvalue weighted by molar-refractivity contribution is -0.122. The van der Waals surface area contributed by atoms with Gasteiger partial charge in [-0.05, 0) is 31.4 Å². The number of aromatic nitrogens is 2. The number of fused-ring (bicyclic) bond motifs is 1. The largest absolute Gasteiger partial charge is 0.356 e. The van der Waals surface area contributed by atoms with E-state index in [1.807, 2.05) is 35.8 Å². The molecule has 6 nitrogen and oxygen atoms in total. The first-order valence-corrected chi connectivity index (χ1v) is 9.63. The van der Waals surface area contributed by atoms with E-state index >= 15 is 0 Å². The summed E-state index contributed by atoms with van der Waals surface area (Å²) in [4.78, 5) is 28.5. The van der Waals surface area contributed by atoms with Gasteiger partial charge < -0.3 is 15.2 Å². The van der Waals surface area contributed by atoms with Crippen LogP contribution in [0.15, 0.2) is 24.3 Å². The van der Waals surface area contributed by atoms with E-state index in [0.29, 0.717) is 19.5 Å². The lowest BCUT2D eigenvalue weighted by Gasteiger charge is -2.10. The second-order valence-corrected chi connectivity index (χ2v) is 6.51. The van der Waals surface area contributed by atoms with E-state index in [-0.39, 0.29) is 18.4 Å². The predicted octanol–water partition coefficient (Wildman–Crippen LogP) is 2.80. The van der Waals surface area contributed by atoms with Crippen LogP contribution in [0.3, 0.4) is 0 Å². The summed E-state index contributed by atoms with van der Waals surface area (Å²) in [5.74, 6) is 0.997. The summed E-state index contributed by atoms with van der Waals surface area (Å²) in [7, 11) is 0. The van der Waals surface area contributed by atoms with Crippen molar-refractivity contribution in [2.45, 2.75) is 58.9 Å². The minimum atomic E-state index is 0.0131. The molecule has 1 heterocycles. The maximum absolute atomic E-state index is 12.3. The van der Waals surface area contributed by atoms with E-state index in [2.05, 4.69) is 22.5 Å². The maximum Gasteiger partial charge on any atom is 0.240 e. The monoisotopic (exact) mass is 358 g/mol. The highest BCUT2D eigenvalue weighted by molar-refractivity contribution is 5.81. The fraction of sp³-hybridized carbons (Fsp3) is 0.550. The fourth-order valence-electron chi connectivity index (χ4n) is 2.89. The number of imidazole rings is 1. The molecule has 0 aliphatic rings. The number of unbranched alkanes of at least 4 members (excludes halogenated alkanes) is 1. The SMILES string of the molecule is CCCCNC(=O)Cn1c(CCCNC(=O)CCC)nc2ccccc21. The van der Waals surface area contributed by atoms with Gasteiger partial charge in [-0.2, -0.15) is 0 Å². The van der Waals surface area contributed by atoms with Crippen molar-refractivity contribution in [2.24, 2.45) is 0 Å². The van der Waals surface area contributed by atoms with Gasteiger partial charge in [-0.25, -0.2) is 4.98 Å². The number of amides is 2. The Labute approximate surface area is 155 Å². The Balaban J connectivity index is 2.01. The van der Waals surface area contributed by atoms with Crippen molar-refractivity contribution >= 4 is 22.8 Å². The Kier molecular flexibility index (Phi) is 8.12. The molecule has 0 aliphatic heterocycles. The number of benzene rings is 1. The molecule has 1 aromatic heterocycles. The Morgan fingerprint density at radius 2 is 1.73 bits per heavy atom. The first kappa shape index (κ1) is 19.9. The highest BCUT2D eigenvalue weighted by Gasteiger charge is 2.13. The Morgan fingerprint density at radius 1 is 1.00 bits per heavy atom. The van der Waals surface area contributed by atoms with Crippen molar-refractivity contribution < 1.29 is 9.59 Å². The number of carbonyl (C=O) groups excluding carboxylic acids is 2. The van der Waals surface area contributed by atoms with Gasteiger partial charge in [0.25, 0.3) is 0 Å². The number of nitrogens with zero attached hydrogens (tertiary/aromatic N) is 2. The Bertz CT molecular complexity index is 724. The van der Waals surface area contributed by atoms with Crippen LogP contribution in [0, 0.1) is 0 Å². The van der Waals surface area contributed by atoms with Gasteiger partial charge in [0, 0.05) is 25.9 Å². The van der Waals surface area contributed by atoms with Gasteiger partial charge in [0.05, 0.1) is 11.0 Å². The van der Waals surface area contributed by atoms with Crippen LogP contribution in [-0.4, -0.2) is 34.5 Å². The first-order chi connectivity index (χ1) is 12.7. The average molecular weight is 358 g/mol. The summed E-state index contributed by atoms with van der Waals surface area (Å²) in [6, 6.07) is 7.88. The third-order valence-corrected chi connectivity index (χ3v) is 4.26. The third-order valence-electron chi connectivity index (χ3n) is 4.26. The van der Waals surface area contributed by atoms with E-state index in [4.69, 9.17) is 0 Å². The zero-order chi connectivity index (χ0) is 18.8. The van der Waals surface area contributed by atoms with Gasteiger partial charge in [0.15, 0.2) is 0 Å². The average Bonchev–Trinajstić information content (AvgIpc) is 2.97. The quantitative estimate of drug-likeness (QED) is 0.607. The number of para-hydroxylation sites is 2. The van der Waals surface area contributed by atoms with Crippen molar-refractivity contribution in [1.82, 2.24) is 20.2 Å². The van der Waals surface area contributed by atoms with Gasteiger partial charge in [0.1, 0.15) is 12.4 Å². The topological polar surface area (TPSA) is 76.0 Å². The molecule has 0 radical (unpaired) electrons. The van der Waals surface area contributed by atoms with Crippen molar-refractivity contribution in [3.63, 3.8) is 0 Å². The van der Waals surface area contributed by atoms with Gasteiger partial charge in [-0.3, -0.25) is 9.59 Å². The van der Waals surface area contributed by atoms with Crippen molar-refractivity contribution in [1.29, 1.82) is 0 Å². The molecule has 2 rings (SSSR count). The summed E-state index contributed by atoms with van der Waals surface area (Å²) in [6.45, 7) is 5.72. The lowest BCUT2D eigenvalue weighted by atomic mass is 10.2. The van der Waals surface area contributed by atoms with E-state index in [9.17, 15) is 9.59 Å². The molecule has 6 heteroatoms. The van der Waals surface area contributed by atoms with E-state index < -0.39 is 0 Å². The van der Waals surface area contributed by atoms with Gasteiger partial charge >= 0.3 is 0 Å². The van der Waals surface area contributed by atoms with E-state index in [1.165, 1.54) is 0 Å². The van der Waals surface area contributed by atoms with Crippen LogP contribution in [0.25, 0.3) is 11.0 Å². The first-order valence-electron chi connectivity index (χ1n) is 9.63. The summed E-state index contributed by atoms with van der Waals surface area (Å²) >= 11 is 0. The number of hydrogen-bond acceptors (Lipinski definition) is 3. The molecule has 2 aromatic rings. The molecule has 0 saturated heterocycles. The van der Waals surface area contributed by atoms with Crippen LogP contribution in [0.5, 0.6) is 0 Å². The molecule has 0 spiro atoms. The minimum Gasteiger partial charge on any atom is -0.356 e. The van der Waals surface area contributed by atoms with Crippen LogP contribution in [0.2, 0.25) is 0 Å². The molecule has 1 aromatic carbocycles. The highest BCUT2D eigenvalue weighted by atomic mass is 16.2. The maximum atomic E-state index is 12.3. The predicted molar refractivity (Wildman–Crippen MR) is 104 cm³/mol. The van der Waals surface area contributed by atoms with Crippen molar-refractivity contribution in [3.8, 4) is 0 Å². The molecular weight excluding hydrogens is 328 g/mol. The van der Waals surface area contributed by atoms with Gasteiger partial charge in [-0.1, -0.05) is 32.4 Å². The number of carbonyl (C=O) groups is 2. The number of rotatable bonds is 11. The molecule has 0 fully saturated rings. The molecule has 0 aliphatic carbocycles. The second kappa shape index (κ2) is 10.6. The van der Waals surface area contributed by atoms with E-state index in [0.717, 1.165) is 49.0 Å². The summed E-state index contributed by atoms with van der Waals surface area (Å²) in [5, 5.41) is 5.89. The molecule has 0 atom stereocenters. The zero-order valence-electron chi connectivity index (χ0n) is 15.9. The molecule has 0 unspecified atom stereocenters. The van der Waals surface area contributed by atoms with Gasteiger partial charge in [0.2, 0.25) is 11.8 Å². The van der Waals surface area contributed by atoms with Crippen LogP contribution in [0.1, 0.15) is 51.8 Å². The second-order valence-electron chi connectivity index (χ2n) is 6.51. The lowest BCUT2D eigenvalue weighted by Crippen LogP contribution is -2.29. The third kappa shape index (κ3) is 5.86. The molecular formula is C20H30N4O2. The smallest absolute Gasteiger partial charge is 0.240 e. The van der Waals surface area contributed by atoms with Gasteiger partial charge in [-0.15, -0.1) is 0 Å². The standard InChI is InChI=1S/C20H30N4O2/c1-3-5-13-22-20(26)15-24-17-11-7-6-10-16(17)23-18(24)12-8-14-21-19(25)9-4-2/h6-7,10-11H,3-5,8-9,12-15H2,1-2H3,(H,21,25)(H,22,26). The summed E-state index contributed by atoms with van der Waals surface area (Å²) in [5.41, 5.74) is 1.88. The number of aryl methyl sites for hydroxylation is 1. The molecule has 0 bridgehead atoms. The summed E-state index contributed by atoms with van der Waals surface area (Å²) in [6.07, 6.45) is 4.99. The number of nitrogens with one attached hydrogen (secondary N) is 2. The molecule has 26 heavy (non-hydrogen) atoms. The Hall–Kier alpha value is -2.37. The molecule has 142 valence electrons. The number of hydrogen-bond donors (Lipinski definition) is 2. The minimum absolute atomic E-state index is 0.0131. The van der Waals surface area contributed by atoms with Crippen molar-refractivity contribution in [3.05, 3.63) is 30.1 Å². The Morgan fingerprint density at radius 3 is 2.50 bits per heavy atom. The normalized spacial score (nSPS) is 10.8. The van der Waals surface area contributed by atoms with Crippen molar-refractivity contribution in [2.75, 3.05) is 13.1 Å². The summed E-state index contributed by atoms with van der Waals surface area (Å²) < 4.78 is 1.99. The van der Waals surface area contributed by atoms with E-state index in [1.54, 1.807) is 0 Å². The fourth-order valence-corrected chi connectivity index (χ4v) is 2.89. The van der Waals surface area contributed by atoms with Crippen LogP contribution >= 0.6 is 0 Å². The van der Waals surface area contributed by atoms with Crippen LogP contribution in [-0.2, 0) is 22.6 Å². The molecule has 2 amide bonds. The van der Waals surface area contributed by atoms with Crippen LogP contribution < -0.4 is 10.6 Å². The van der Waals surface area contributed by atoms with Crippen LogP contribution in [0.4, 0.5) is 0 Å². The zero-order valence-corrected chi connectivity index (χ0v) is 15.9. The molecule has 2 N–H and O–H groups in total. The molecule has 0 saturated carbocycles.